The predicted octanol–water partition coefficient (Wildman–Crippen LogP) is 4.12. The highest BCUT2D eigenvalue weighted by Crippen LogP contribution is 2.23. The average molecular weight is 320 g/mol. The molecule has 0 N–H and O–H groups in total. The normalized spacial score (nSPS) is 11.8. The topological polar surface area (TPSA) is 34.1 Å². The van der Waals surface area contributed by atoms with Crippen LogP contribution in [0.1, 0.15) is 30.9 Å². The minimum Gasteiger partial charge on any atom is -0.219 e. The number of rotatable bonds is 5. The van der Waals surface area contributed by atoms with Gasteiger partial charge in [0.05, 0.1) is 9.79 Å². The van der Waals surface area contributed by atoms with E-state index in [1.54, 1.807) is 24.3 Å². The summed E-state index contributed by atoms with van der Waals surface area (Å²) in [6.45, 7) is 4.17. The van der Waals surface area contributed by atoms with Crippen molar-refractivity contribution in [1.29, 1.82) is 0 Å². The quantitative estimate of drug-likeness (QED) is 0.841. The summed E-state index contributed by atoms with van der Waals surface area (Å²) in [5.74, 6) is 1.14. The lowest BCUT2D eigenvalue weighted by Crippen LogP contribution is -2.02. The van der Waals surface area contributed by atoms with Gasteiger partial charge < -0.3 is 0 Å². The summed E-state index contributed by atoms with van der Waals surface area (Å²) < 4.78 is 25.1. The largest absolute Gasteiger partial charge is 0.219 e. The van der Waals surface area contributed by atoms with E-state index >= 15 is 0 Å². The summed E-state index contributed by atoms with van der Waals surface area (Å²) in [5.41, 5.74) is 2.23. The molecule has 0 aliphatic rings. The third-order valence-electron chi connectivity index (χ3n) is 3.49. The van der Waals surface area contributed by atoms with E-state index < -0.39 is 9.84 Å². The smallest absolute Gasteiger partial charge is 0.206 e. The highest BCUT2D eigenvalue weighted by molar-refractivity contribution is 7.91. The van der Waals surface area contributed by atoms with Crippen molar-refractivity contribution in [3.8, 4) is 0 Å². The SMILES string of the molecule is CC(C)c1ccc(S(=O)(=O)c2ccc(CCS)cc2)cc1. The van der Waals surface area contributed by atoms with E-state index in [4.69, 9.17) is 0 Å². The van der Waals surface area contributed by atoms with Gasteiger partial charge in [-0.3, -0.25) is 0 Å². The van der Waals surface area contributed by atoms with Crippen LogP contribution in [-0.2, 0) is 16.3 Å². The van der Waals surface area contributed by atoms with Crippen molar-refractivity contribution in [1.82, 2.24) is 0 Å². The fraction of sp³-hybridized carbons (Fsp3) is 0.294. The van der Waals surface area contributed by atoms with Gasteiger partial charge in [-0.15, -0.1) is 0 Å². The van der Waals surface area contributed by atoms with E-state index in [0.29, 0.717) is 15.7 Å². The maximum Gasteiger partial charge on any atom is 0.206 e. The molecule has 0 spiro atoms. The first-order chi connectivity index (χ1) is 9.95. The lowest BCUT2D eigenvalue weighted by molar-refractivity contribution is 0.596. The Labute approximate surface area is 132 Å². The van der Waals surface area contributed by atoms with Crippen molar-refractivity contribution in [3.63, 3.8) is 0 Å². The number of benzene rings is 2. The number of aryl methyl sites for hydroxylation is 1. The van der Waals surface area contributed by atoms with Crippen molar-refractivity contribution < 1.29 is 8.42 Å². The van der Waals surface area contributed by atoms with E-state index in [0.717, 1.165) is 23.3 Å². The molecule has 0 aliphatic carbocycles. The highest BCUT2D eigenvalue weighted by atomic mass is 32.2. The van der Waals surface area contributed by atoms with Gasteiger partial charge in [0.1, 0.15) is 0 Å². The Morgan fingerprint density at radius 2 is 1.38 bits per heavy atom. The van der Waals surface area contributed by atoms with E-state index in [1.165, 1.54) is 0 Å². The minimum atomic E-state index is -3.43. The van der Waals surface area contributed by atoms with Gasteiger partial charge in [-0.05, 0) is 53.5 Å². The third kappa shape index (κ3) is 3.69. The van der Waals surface area contributed by atoms with Crippen LogP contribution >= 0.6 is 12.6 Å². The van der Waals surface area contributed by atoms with Crippen LogP contribution in [-0.4, -0.2) is 14.2 Å². The van der Waals surface area contributed by atoms with Crippen LogP contribution in [0.15, 0.2) is 58.3 Å². The molecule has 0 fully saturated rings. The zero-order chi connectivity index (χ0) is 15.5. The predicted molar refractivity (Wildman–Crippen MR) is 90.0 cm³/mol. The molecule has 2 aromatic rings. The van der Waals surface area contributed by atoms with Gasteiger partial charge in [0, 0.05) is 0 Å². The zero-order valence-corrected chi connectivity index (χ0v) is 14.0. The van der Waals surface area contributed by atoms with Crippen LogP contribution in [0.25, 0.3) is 0 Å². The molecule has 0 saturated heterocycles. The van der Waals surface area contributed by atoms with Crippen molar-refractivity contribution in [2.75, 3.05) is 5.75 Å². The third-order valence-corrected chi connectivity index (χ3v) is 5.50. The van der Waals surface area contributed by atoms with E-state index in [-0.39, 0.29) is 0 Å². The molecule has 0 atom stereocenters. The van der Waals surface area contributed by atoms with Crippen LogP contribution in [0.5, 0.6) is 0 Å². The van der Waals surface area contributed by atoms with Gasteiger partial charge in [-0.2, -0.15) is 12.6 Å². The van der Waals surface area contributed by atoms with Gasteiger partial charge in [-0.1, -0.05) is 38.1 Å². The second-order valence-corrected chi connectivity index (χ2v) is 7.74. The molecule has 21 heavy (non-hydrogen) atoms. The van der Waals surface area contributed by atoms with Gasteiger partial charge in [-0.25, -0.2) is 8.42 Å². The van der Waals surface area contributed by atoms with E-state index in [9.17, 15) is 8.42 Å². The van der Waals surface area contributed by atoms with Crippen molar-refractivity contribution in [2.24, 2.45) is 0 Å². The Balaban J connectivity index is 2.32. The molecule has 2 rings (SSSR count). The maximum atomic E-state index is 12.6. The number of thiol groups is 1. The molecule has 0 unspecified atom stereocenters. The number of sulfone groups is 1. The molecule has 0 saturated carbocycles. The second-order valence-electron chi connectivity index (χ2n) is 5.34. The summed E-state index contributed by atoms with van der Waals surface area (Å²) >= 11 is 4.18. The molecular formula is C17H20O2S2. The molecule has 2 nitrogen and oxygen atoms in total. The highest BCUT2D eigenvalue weighted by Gasteiger charge is 2.17. The Morgan fingerprint density at radius 1 is 0.905 bits per heavy atom. The molecule has 0 heterocycles. The number of hydrogen-bond donors (Lipinski definition) is 1. The van der Waals surface area contributed by atoms with Crippen LogP contribution in [0.2, 0.25) is 0 Å². The van der Waals surface area contributed by atoms with Crippen LogP contribution in [0, 0.1) is 0 Å². The van der Waals surface area contributed by atoms with Gasteiger partial charge in [0.25, 0.3) is 0 Å². The lowest BCUT2D eigenvalue weighted by atomic mass is 10.0. The summed E-state index contributed by atoms with van der Waals surface area (Å²) in [4.78, 5) is 0.677. The van der Waals surface area contributed by atoms with Crippen molar-refractivity contribution in [3.05, 3.63) is 59.7 Å². The fourth-order valence-electron chi connectivity index (χ4n) is 2.13. The fourth-order valence-corrected chi connectivity index (χ4v) is 3.65. The summed E-state index contributed by atoms with van der Waals surface area (Å²) in [5, 5.41) is 0. The van der Waals surface area contributed by atoms with Crippen molar-refractivity contribution >= 4 is 22.5 Å². The average Bonchev–Trinajstić information content (AvgIpc) is 2.48. The molecule has 2 aromatic carbocycles. The summed E-state index contributed by atoms with van der Waals surface area (Å²) in [6.07, 6.45) is 0.840. The lowest BCUT2D eigenvalue weighted by Gasteiger charge is -2.08. The first-order valence-electron chi connectivity index (χ1n) is 7.00. The first kappa shape index (κ1) is 16.1. The zero-order valence-electron chi connectivity index (χ0n) is 12.3. The molecule has 0 bridgehead atoms. The van der Waals surface area contributed by atoms with Crippen LogP contribution in [0.4, 0.5) is 0 Å². The van der Waals surface area contributed by atoms with Gasteiger partial charge in [0.15, 0.2) is 0 Å². The van der Waals surface area contributed by atoms with E-state index in [2.05, 4.69) is 26.5 Å². The summed E-state index contributed by atoms with van der Waals surface area (Å²) in [7, 11) is -3.43. The Bertz CT molecular complexity index is 685. The standard InChI is InChI=1S/C17H20O2S2/c1-13(2)15-5-9-17(10-6-15)21(18,19)16-7-3-14(4-8-16)11-12-20/h3-10,13,20H,11-12H2,1-2H3. The van der Waals surface area contributed by atoms with Crippen molar-refractivity contribution in [2.45, 2.75) is 36.0 Å². The van der Waals surface area contributed by atoms with E-state index in [1.807, 2.05) is 24.3 Å². The molecule has 112 valence electrons. The molecular weight excluding hydrogens is 300 g/mol. The van der Waals surface area contributed by atoms with Gasteiger partial charge >= 0.3 is 0 Å². The Morgan fingerprint density at radius 3 is 1.81 bits per heavy atom. The first-order valence-corrected chi connectivity index (χ1v) is 9.11. The van der Waals surface area contributed by atoms with Gasteiger partial charge in [0.2, 0.25) is 9.84 Å². The molecule has 4 heteroatoms. The Kier molecular flexibility index (Phi) is 5.12. The molecule has 0 radical (unpaired) electrons. The minimum absolute atomic E-state index is 0.336. The molecule has 0 aromatic heterocycles. The maximum absolute atomic E-state index is 12.6. The monoisotopic (exact) mass is 320 g/mol. The van der Waals surface area contributed by atoms with Crippen LogP contribution < -0.4 is 0 Å². The Hall–Kier alpha value is -1.26. The number of hydrogen-bond acceptors (Lipinski definition) is 3. The molecule has 0 aliphatic heterocycles. The second kappa shape index (κ2) is 6.67. The van der Waals surface area contributed by atoms with Crippen LogP contribution in [0.3, 0.4) is 0 Å². The summed E-state index contributed by atoms with van der Waals surface area (Å²) in [6, 6.07) is 14.2. The molecule has 0 amide bonds.